The lowest BCUT2D eigenvalue weighted by Gasteiger charge is -2.31. The molecular formula is C16H21N3O2S2. The van der Waals surface area contributed by atoms with Gasteiger partial charge in [0.25, 0.3) is 0 Å². The van der Waals surface area contributed by atoms with Crippen LogP contribution in [0.2, 0.25) is 0 Å². The Bertz CT molecular complexity index is 719. The number of hydrogen-bond acceptors (Lipinski definition) is 5. The number of benzene rings is 1. The Morgan fingerprint density at radius 1 is 1.26 bits per heavy atom. The van der Waals surface area contributed by atoms with Gasteiger partial charge in [-0.25, -0.2) is 18.1 Å². The van der Waals surface area contributed by atoms with E-state index in [1.165, 1.54) is 0 Å². The molecule has 1 aliphatic heterocycles. The van der Waals surface area contributed by atoms with Crippen LogP contribution in [0.1, 0.15) is 25.3 Å². The van der Waals surface area contributed by atoms with Gasteiger partial charge in [0.1, 0.15) is 0 Å². The predicted molar refractivity (Wildman–Crippen MR) is 93.5 cm³/mol. The first-order valence-corrected chi connectivity index (χ1v) is 10.2. The minimum atomic E-state index is -3.44. The second kappa shape index (κ2) is 6.98. The highest BCUT2D eigenvalue weighted by molar-refractivity contribution is 7.89. The van der Waals surface area contributed by atoms with Crippen molar-refractivity contribution in [3.05, 3.63) is 41.4 Å². The van der Waals surface area contributed by atoms with Crippen molar-refractivity contribution in [2.45, 2.75) is 37.1 Å². The van der Waals surface area contributed by atoms with Gasteiger partial charge in [-0.05, 0) is 37.0 Å². The second-order valence-electron chi connectivity index (χ2n) is 5.69. The Kier molecular flexibility index (Phi) is 4.99. The molecule has 1 aromatic carbocycles. The van der Waals surface area contributed by atoms with Gasteiger partial charge < -0.3 is 4.90 Å². The molecule has 0 amide bonds. The second-order valence-corrected chi connectivity index (χ2v) is 8.28. The SMILES string of the molecule is CCc1ccc(S(=O)(=O)NC2CCN(c3nccs3)CC2)cc1. The molecular weight excluding hydrogens is 330 g/mol. The molecule has 0 spiro atoms. The quantitative estimate of drug-likeness (QED) is 0.899. The van der Waals surface area contributed by atoms with E-state index in [0.29, 0.717) is 4.90 Å². The molecule has 0 unspecified atom stereocenters. The maximum Gasteiger partial charge on any atom is 0.240 e. The van der Waals surface area contributed by atoms with Crippen LogP contribution >= 0.6 is 11.3 Å². The van der Waals surface area contributed by atoms with Crippen LogP contribution in [-0.4, -0.2) is 32.5 Å². The fourth-order valence-corrected chi connectivity index (χ4v) is 4.75. The average Bonchev–Trinajstić information content (AvgIpc) is 3.10. The number of piperidine rings is 1. The van der Waals surface area contributed by atoms with Crippen molar-refractivity contribution in [1.29, 1.82) is 0 Å². The van der Waals surface area contributed by atoms with Gasteiger partial charge in [0.05, 0.1) is 4.90 Å². The summed E-state index contributed by atoms with van der Waals surface area (Å²) in [5.41, 5.74) is 1.14. The molecule has 5 nitrogen and oxygen atoms in total. The fraction of sp³-hybridized carbons (Fsp3) is 0.438. The number of hydrogen-bond donors (Lipinski definition) is 1. The van der Waals surface area contributed by atoms with Crippen molar-refractivity contribution < 1.29 is 8.42 Å². The molecule has 0 bridgehead atoms. The Morgan fingerprint density at radius 2 is 1.96 bits per heavy atom. The molecule has 1 N–H and O–H groups in total. The molecule has 3 rings (SSSR count). The van der Waals surface area contributed by atoms with Crippen molar-refractivity contribution >= 4 is 26.5 Å². The van der Waals surface area contributed by atoms with E-state index in [2.05, 4.69) is 21.5 Å². The van der Waals surface area contributed by atoms with Crippen LogP contribution in [-0.2, 0) is 16.4 Å². The number of aryl methyl sites for hydroxylation is 1. The van der Waals surface area contributed by atoms with E-state index in [4.69, 9.17) is 0 Å². The Balaban J connectivity index is 1.60. The van der Waals surface area contributed by atoms with Gasteiger partial charge >= 0.3 is 0 Å². The zero-order chi connectivity index (χ0) is 16.3. The number of anilines is 1. The van der Waals surface area contributed by atoms with Crippen molar-refractivity contribution in [1.82, 2.24) is 9.71 Å². The lowest BCUT2D eigenvalue weighted by Crippen LogP contribution is -2.44. The van der Waals surface area contributed by atoms with Gasteiger partial charge in [-0.3, -0.25) is 0 Å². The molecule has 23 heavy (non-hydrogen) atoms. The summed E-state index contributed by atoms with van der Waals surface area (Å²) >= 11 is 1.62. The van der Waals surface area contributed by atoms with E-state index in [1.807, 2.05) is 17.5 Å². The van der Waals surface area contributed by atoms with Gasteiger partial charge in [0.2, 0.25) is 10.0 Å². The van der Waals surface area contributed by atoms with Crippen LogP contribution in [0.5, 0.6) is 0 Å². The molecule has 2 heterocycles. The molecule has 0 saturated carbocycles. The van der Waals surface area contributed by atoms with Crippen LogP contribution in [0.15, 0.2) is 40.7 Å². The van der Waals surface area contributed by atoms with Gasteiger partial charge in [0, 0.05) is 30.7 Å². The number of rotatable bonds is 5. The fourth-order valence-electron chi connectivity index (χ4n) is 2.75. The third kappa shape index (κ3) is 3.91. The first kappa shape index (κ1) is 16.4. The highest BCUT2D eigenvalue weighted by atomic mass is 32.2. The van der Waals surface area contributed by atoms with Crippen LogP contribution in [0.3, 0.4) is 0 Å². The zero-order valence-corrected chi connectivity index (χ0v) is 14.7. The number of sulfonamides is 1. The molecule has 7 heteroatoms. The Hall–Kier alpha value is -1.44. The van der Waals surface area contributed by atoms with Gasteiger partial charge in [-0.1, -0.05) is 19.1 Å². The van der Waals surface area contributed by atoms with Crippen LogP contribution in [0.25, 0.3) is 0 Å². The summed E-state index contributed by atoms with van der Waals surface area (Å²) < 4.78 is 27.8. The molecule has 0 radical (unpaired) electrons. The standard InChI is InChI=1S/C16H21N3O2S2/c1-2-13-3-5-15(6-4-13)23(20,21)18-14-7-10-19(11-8-14)16-17-9-12-22-16/h3-6,9,12,14,18H,2,7-8,10-11H2,1H3. The first-order valence-electron chi connectivity index (χ1n) is 7.84. The highest BCUT2D eigenvalue weighted by Crippen LogP contribution is 2.23. The van der Waals surface area contributed by atoms with Gasteiger partial charge in [-0.15, -0.1) is 11.3 Å². The minimum Gasteiger partial charge on any atom is -0.348 e. The van der Waals surface area contributed by atoms with E-state index < -0.39 is 10.0 Å². The maximum atomic E-state index is 12.5. The molecule has 124 valence electrons. The summed E-state index contributed by atoms with van der Waals surface area (Å²) in [5.74, 6) is 0. The lowest BCUT2D eigenvalue weighted by molar-refractivity contribution is 0.460. The summed E-state index contributed by atoms with van der Waals surface area (Å²) in [6, 6.07) is 7.11. The summed E-state index contributed by atoms with van der Waals surface area (Å²) in [6.45, 7) is 3.71. The minimum absolute atomic E-state index is 0.0120. The van der Waals surface area contributed by atoms with Crippen molar-refractivity contribution in [2.75, 3.05) is 18.0 Å². The summed E-state index contributed by atoms with van der Waals surface area (Å²) in [7, 11) is -3.44. The van der Waals surface area contributed by atoms with Crippen LogP contribution < -0.4 is 9.62 Å². The van der Waals surface area contributed by atoms with Gasteiger partial charge in [0.15, 0.2) is 5.13 Å². The predicted octanol–water partition coefficient (Wildman–Crippen LogP) is 2.65. The largest absolute Gasteiger partial charge is 0.348 e. The molecule has 1 saturated heterocycles. The van der Waals surface area contributed by atoms with Crippen molar-refractivity contribution in [3.8, 4) is 0 Å². The lowest BCUT2D eigenvalue weighted by atomic mass is 10.1. The van der Waals surface area contributed by atoms with Crippen LogP contribution in [0.4, 0.5) is 5.13 Å². The Labute approximate surface area is 141 Å². The van der Waals surface area contributed by atoms with E-state index in [1.54, 1.807) is 29.7 Å². The molecule has 0 atom stereocenters. The molecule has 1 fully saturated rings. The molecule has 2 aromatic rings. The topological polar surface area (TPSA) is 62.3 Å². The number of nitrogens with one attached hydrogen (secondary N) is 1. The van der Waals surface area contributed by atoms with E-state index in [-0.39, 0.29) is 6.04 Å². The number of aromatic nitrogens is 1. The Morgan fingerprint density at radius 3 is 2.52 bits per heavy atom. The number of nitrogens with zero attached hydrogens (tertiary/aromatic N) is 2. The third-order valence-corrected chi connectivity index (χ3v) is 6.52. The van der Waals surface area contributed by atoms with Crippen LogP contribution in [0, 0.1) is 0 Å². The smallest absolute Gasteiger partial charge is 0.240 e. The van der Waals surface area contributed by atoms with Crippen molar-refractivity contribution in [2.24, 2.45) is 0 Å². The molecule has 0 aliphatic carbocycles. The first-order chi connectivity index (χ1) is 11.1. The van der Waals surface area contributed by atoms with E-state index >= 15 is 0 Å². The molecule has 1 aromatic heterocycles. The monoisotopic (exact) mass is 351 g/mol. The summed E-state index contributed by atoms with van der Waals surface area (Å²) in [4.78, 5) is 6.87. The summed E-state index contributed by atoms with van der Waals surface area (Å²) in [5, 5.41) is 2.98. The maximum absolute atomic E-state index is 12.5. The van der Waals surface area contributed by atoms with Gasteiger partial charge in [-0.2, -0.15) is 0 Å². The third-order valence-electron chi connectivity index (χ3n) is 4.15. The number of thiazole rings is 1. The average molecular weight is 351 g/mol. The zero-order valence-electron chi connectivity index (χ0n) is 13.1. The van der Waals surface area contributed by atoms with E-state index in [9.17, 15) is 8.42 Å². The normalized spacial score (nSPS) is 16.7. The molecule has 1 aliphatic rings. The van der Waals surface area contributed by atoms with E-state index in [0.717, 1.165) is 43.0 Å². The highest BCUT2D eigenvalue weighted by Gasteiger charge is 2.25. The van der Waals surface area contributed by atoms with Crippen molar-refractivity contribution in [3.63, 3.8) is 0 Å². The summed E-state index contributed by atoms with van der Waals surface area (Å²) in [6.07, 6.45) is 4.30.